The summed E-state index contributed by atoms with van der Waals surface area (Å²) < 4.78 is 1.51. The van der Waals surface area contributed by atoms with Crippen LogP contribution in [-0.4, -0.2) is 26.0 Å². The Kier molecular flexibility index (Phi) is 3.25. The van der Waals surface area contributed by atoms with Crippen LogP contribution in [0.4, 0.5) is 0 Å². The molecule has 5 nitrogen and oxygen atoms in total. The number of carboxylic acids is 1. The van der Waals surface area contributed by atoms with Crippen molar-refractivity contribution in [2.24, 2.45) is 0 Å². The third kappa shape index (κ3) is 2.46. The number of aromatic nitrogens is 2. The minimum absolute atomic E-state index is 0.0194. The van der Waals surface area contributed by atoms with Gasteiger partial charge < -0.3 is 10.2 Å². The number of aryl methyl sites for hydroxylation is 1. The zero-order chi connectivity index (χ0) is 13.3. The summed E-state index contributed by atoms with van der Waals surface area (Å²) in [5, 5.41) is 23.0. The number of aromatic carboxylic acids is 1. The van der Waals surface area contributed by atoms with Crippen molar-refractivity contribution in [1.29, 1.82) is 0 Å². The summed E-state index contributed by atoms with van der Waals surface area (Å²) in [7, 11) is 0. The molecule has 6 heteroatoms. The van der Waals surface area contributed by atoms with Crippen LogP contribution < -0.4 is 0 Å². The van der Waals surface area contributed by atoms with Gasteiger partial charge in [0.15, 0.2) is 5.69 Å². The van der Waals surface area contributed by atoms with Gasteiger partial charge in [-0.15, -0.1) is 0 Å². The number of benzene rings is 1. The molecule has 1 aromatic carbocycles. The Balaban J connectivity index is 2.34. The second kappa shape index (κ2) is 4.70. The fraction of sp³-hybridized carbons (Fsp3) is 0.167. The summed E-state index contributed by atoms with van der Waals surface area (Å²) in [6.07, 6.45) is 0. The van der Waals surface area contributed by atoms with E-state index in [1.807, 2.05) is 0 Å². The lowest BCUT2D eigenvalue weighted by atomic mass is 10.2. The van der Waals surface area contributed by atoms with Gasteiger partial charge in [-0.2, -0.15) is 5.10 Å². The second-order valence-electron chi connectivity index (χ2n) is 3.91. The number of carboxylic acid groups (broad SMARTS) is 1. The average molecular weight is 267 g/mol. The van der Waals surface area contributed by atoms with E-state index in [-0.39, 0.29) is 18.0 Å². The molecule has 2 N–H and O–H groups in total. The van der Waals surface area contributed by atoms with E-state index in [0.29, 0.717) is 16.3 Å². The van der Waals surface area contributed by atoms with E-state index in [1.54, 1.807) is 19.1 Å². The highest BCUT2D eigenvalue weighted by Crippen LogP contribution is 2.22. The largest absolute Gasteiger partial charge is 0.508 e. The van der Waals surface area contributed by atoms with Crippen LogP contribution in [-0.2, 0) is 6.54 Å². The molecule has 0 aliphatic heterocycles. The smallest absolute Gasteiger partial charge is 0.356 e. The second-order valence-corrected chi connectivity index (χ2v) is 4.34. The summed E-state index contributed by atoms with van der Waals surface area (Å²) in [5.41, 5.74) is 1.27. The van der Waals surface area contributed by atoms with Crippen molar-refractivity contribution >= 4 is 17.6 Å². The number of aromatic hydroxyl groups is 1. The Labute approximate surface area is 108 Å². The fourth-order valence-corrected chi connectivity index (χ4v) is 1.81. The molecule has 0 atom stereocenters. The molecule has 0 aliphatic carbocycles. The molecule has 0 aliphatic rings. The Bertz CT molecular complexity index is 607. The van der Waals surface area contributed by atoms with Crippen molar-refractivity contribution in [1.82, 2.24) is 9.78 Å². The molecule has 2 aromatic rings. The zero-order valence-electron chi connectivity index (χ0n) is 9.59. The lowest BCUT2D eigenvalue weighted by molar-refractivity contribution is 0.0689. The Morgan fingerprint density at radius 3 is 2.78 bits per heavy atom. The number of hydrogen-bond donors (Lipinski definition) is 2. The van der Waals surface area contributed by atoms with Gasteiger partial charge in [0.05, 0.1) is 6.54 Å². The van der Waals surface area contributed by atoms with E-state index in [0.717, 1.165) is 0 Å². The minimum Gasteiger partial charge on any atom is -0.508 e. The highest BCUT2D eigenvalue weighted by atomic mass is 35.5. The van der Waals surface area contributed by atoms with E-state index in [1.165, 1.54) is 16.8 Å². The molecule has 0 saturated carbocycles. The quantitative estimate of drug-likeness (QED) is 0.894. The summed E-state index contributed by atoms with van der Waals surface area (Å²) in [4.78, 5) is 10.8. The number of phenols is 1. The molecule has 0 saturated heterocycles. The first kappa shape index (κ1) is 12.4. The molecule has 0 bridgehead atoms. The molecule has 0 spiro atoms. The maximum absolute atomic E-state index is 10.8. The molecule has 1 heterocycles. The van der Waals surface area contributed by atoms with E-state index >= 15 is 0 Å². The maximum Gasteiger partial charge on any atom is 0.356 e. The molecule has 0 unspecified atom stereocenters. The van der Waals surface area contributed by atoms with Gasteiger partial charge in [0.25, 0.3) is 0 Å². The molecule has 2 rings (SSSR count). The molecular weight excluding hydrogens is 256 g/mol. The van der Waals surface area contributed by atoms with Gasteiger partial charge in [0, 0.05) is 16.3 Å². The Morgan fingerprint density at radius 2 is 2.17 bits per heavy atom. The van der Waals surface area contributed by atoms with Crippen molar-refractivity contribution < 1.29 is 15.0 Å². The first-order valence-electron chi connectivity index (χ1n) is 5.22. The predicted molar refractivity (Wildman–Crippen MR) is 66.1 cm³/mol. The van der Waals surface area contributed by atoms with Crippen LogP contribution in [0.1, 0.15) is 21.7 Å². The van der Waals surface area contributed by atoms with Gasteiger partial charge in [0.1, 0.15) is 5.75 Å². The highest BCUT2D eigenvalue weighted by Gasteiger charge is 2.12. The van der Waals surface area contributed by atoms with Gasteiger partial charge in [-0.1, -0.05) is 11.6 Å². The van der Waals surface area contributed by atoms with E-state index in [4.69, 9.17) is 16.7 Å². The monoisotopic (exact) mass is 266 g/mol. The van der Waals surface area contributed by atoms with Crippen LogP contribution >= 0.6 is 11.6 Å². The third-order valence-electron chi connectivity index (χ3n) is 2.56. The summed E-state index contributed by atoms with van der Waals surface area (Å²) in [5.74, 6) is -0.974. The van der Waals surface area contributed by atoms with Crippen molar-refractivity contribution in [2.45, 2.75) is 13.5 Å². The first-order valence-corrected chi connectivity index (χ1v) is 5.60. The maximum atomic E-state index is 10.8. The van der Waals surface area contributed by atoms with Gasteiger partial charge >= 0.3 is 5.97 Å². The van der Waals surface area contributed by atoms with Crippen molar-refractivity contribution in [3.8, 4) is 5.75 Å². The van der Waals surface area contributed by atoms with Gasteiger partial charge in [-0.05, 0) is 31.2 Å². The van der Waals surface area contributed by atoms with Crippen LogP contribution in [0.25, 0.3) is 0 Å². The number of hydrogen-bond acceptors (Lipinski definition) is 3. The number of phenolic OH excluding ortho intramolecular Hbond substituents is 1. The van der Waals surface area contributed by atoms with E-state index in [2.05, 4.69) is 5.10 Å². The minimum atomic E-state index is -1.08. The van der Waals surface area contributed by atoms with Crippen LogP contribution in [0.2, 0.25) is 5.02 Å². The lowest BCUT2D eigenvalue weighted by Gasteiger charge is -2.07. The van der Waals surface area contributed by atoms with Gasteiger partial charge in [0.2, 0.25) is 0 Å². The number of halogens is 1. The van der Waals surface area contributed by atoms with Gasteiger partial charge in [-0.25, -0.2) is 4.79 Å². The zero-order valence-corrected chi connectivity index (χ0v) is 10.3. The lowest BCUT2D eigenvalue weighted by Crippen LogP contribution is -2.06. The average Bonchev–Trinajstić information content (AvgIpc) is 2.66. The van der Waals surface area contributed by atoms with Crippen LogP contribution in [0.3, 0.4) is 0 Å². The number of rotatable bonds is 3. The number of nitrogens with zero attached hydrogens (tertiary/aromatic N) is 2. The van der Waals surface area contributed by atoms with Crippen LogP contribution in [0.15, 0.2) is 24.3 Å². The molecule has 0 fully saturated rings. The molecule has 0 amide bonds. The normalized spacial score (nSPS) is 10.6. The summed E-state index contributed by atoms with van der Waals surface area (Å²) in [6, 6.07) is 6.18. The topological polar surface area (TPSA) is 75.3 Å². The Morgan fingerprint density at radius 1 is 1.44 bits per heavy atom. The molecule has 0 radical (unpaired) electrons. The summed E-state index contributed by atoms with van der Waals surface area (Å²) in [6.45, 7) is 2.02. The van der Waals surface area contributed by atoms with Crippen LogP contribution in [0, 0.1) is 6.92 Å². The molecule has 18 heavy (non-hydrogen) atoms. The van der Waals surface area contributed by atoms with Crippen molar-refractivity contribution in [3.05, 3.63) is 46.2 Å². The SMILES string of the molecule is Cc1cc(C(=O)O)nn1Cc1cc(Cl)ccc1O. The van der Waals surface area contributed by atoms with Crippen molar-refractivity contribution in [3.63, 3.8) is 0 Å². The van der Waals surface area contributed by atoms with E-state index in [9.17, 15) is 9.90 Å². The third-order valence-corrected chi connectivity index (χ3v) is 2.80. The molecular formula is C12H11ClN2O3. The first-order chi connectivity index (χ1) is 8.47. The highest BCUT2D eigenvalue weighted by molar-refractivity contribution is 6.30. The van der Waals surface area contributed by atoms with E-state index < -0.39 is 5.97 Å². The molecule has 94 valence electrons. The van der Waals surface area contributed by atoms with Gasteiger partial charge in [-0.3, -0.25) is 4.68 Å². The predicted octanol–water partition coefficient (Wildman–Crippen LogP) is 2.30. The molecule has 1 aromatic heterocycles. The van der Waals surface area contributed by atoms with Crippen molar-refractivity contribution in [2.75, 3.05) is 0 Å². The summed E-state index contributed by atoms with van der Waals surface area (Å²) >= 11 is 5.84. The number of carbonyl (C=O) groups is 1. The standard InChI is InChI=1S/C12H11ClN2O3/c1-7-4-10(12(17)18)14-15(7)6-8-5-9(13)2-3-11(8)16/h2-5,16H,6H2,1H3,(H,17,18). The van der Waals surface area contributed by atoms with Crippen LogP contribution in [0.5, 0.6) is 5.75 Å². The Hall–Kier alpha value is -2.01. The fourth-order valence-electron chi connectivity index (χ4n) is 1.62.